The lowest BCUT2D eigenvalue weighted by Crippen LogP contribution is -2.22. The van der Waals surface area contributed by atoms with Gasteiger partial charge in [0, 0.05) is 30.2 Å². The first-order valence-electron chi connectivity index (χ1n) is 5.91. The second kappa shape index (κ2) is 5.47. The van der Waals surface area contributed by atoms with Crippen LogP contribution in [0.5, 0.6) is 0 Å². The Bertz CT molecular complexity index is 568. The van der Waals surface area contributed by atoms with E-state index in [0.717, 1.165) is 0 Å². The number of aromatic nitrogens is 3. The van der Waals surface area contributed by atoms with Crippen molar-refractivity contribution >= 4 is 11.5 Å². The van der Waals surface area contributed by atoms with Gasteiger partial charge in [0.15, 0.2) is 0 Å². The largest absolute Gasteiger partial charge is 0.366 e. The molecular formula is C12H15N5O2. The fraction of sp³-hybridized carbons (Fsp3) is 0.333. The summed E-state index contributed by atoms with van der Waals surface area (Å²) < 4.78 is 1.79. The van der Waals surface area contributed by atoms with Gasteiger partial charge in [0.05, 0.1) is 17.5 Å². The van der Waals surface area contributed by atoms with E-state index in [1.807, 2.05) is 19.2 Å². The number of nitro groups is 1. The number of nitrogens with one attached hydrogen (secondary N) is 1. The van der Waals surface area contributed by atoms with Crippen molar-refractivity contribution in [3.8, 4) is 0 Å². The van der Waals surface area contributed by atoms with Crippen molar-refractivity contribution in [2.45, 2.75) is 26.4 Å². The number of pyridine rings is 1. The second-order valence-electron chi connectivity index (χ2n) is 4.39. The topological polar surface area (TPSA) is 85.9 Å². The fourth-order valence-electron chi connectivity index (χ4n) is 1.78. The zero-order chi connectivity index (χ0) is 13.8. The third-order valence-corrected chi connectivity index (χ3v) is 2.69. The maximum absolute atomic E-state index is 10.9. The number of aryl methyl sites for hydroxylation is 1. The molecule has 7 heteroatoms. The Morgan fingerprint density at radius 3 is 3.00 bits per heavy atom. The highest BCUT2D eigenvalue weighted by molar-refractivity contribution is 5.49. The van der Waals surface area contributed by atoms with E-state index in [1.54, 1.807) is 17.8 Å². The Morgan fingerprint density at radius 2 is 2.37 bits per heavy atom. The summed E-state index contributed by atoms with van der Waals surface area (Å²) in [6.07, 6.45) is 5.08. The van der Waals surface area contributed by atoms with Crippen LogP contribution in [0.1, 0.15) is 12.5 Å². The first kappa shape index (κ1) is 13.0. The molecule has 0 saturated carbocycles. The molecule has 0 fully saturated rings. The standard InChI is InChI=1S/C12H15N5O2/c1-9-7-13-12(6-11(9)17(18)19)15-10(2)8-16-5-3-4-14-16/h3-7,10H,8H2,1-2H3,(H,13,15). The molecule has 0 radical (unpaired) electrons. The maximum Gasteiger partial charge on any atom is 0.277 e. The van der Waals surface area contributed by atoms with Crippen LogP contribution >= 0.6 is 0 Å². The van der Waals surface area contributed by atoms with Gasteiger partial charge >= 0.3 is 0 Å². The number of nitrogens with zero attached hydrogens (tertiary/aromatic N) is 4. The van der Waals surface area contributed by atoms with Crippen LogP contribution < -0.4 is 5.32 Å². The molecule has 0 saturated heterocycles. The molecule has 1 N–H and O–H groups in total. The van der Waals surface area contributed by atoms with Crippen molar-refractivity contribution in [1.82, 2.24) is 14.8 Å². The Kier molecular flexibility index (Phi) is 3.74. The van der Waals surface area contributed by atoms with E-state index in [1.165, 1.54) is 12.3 Å². The van der Waals surface area contributed by atoms with Crippen molar-refractivity contribution in [1.29, 1.82) is 0 Å². The SMILES string of the molecule is Cc1cnc(NC(C)Cn2cccn2)cc1[N+](=O)[O-]. The van der Waals surface area contributed by atoms with Crippen LogP contribution in [0.25, 0.3) is 0 Å². The molecule has 7 nitrogen and oxygen atoms in total. The predicted octanol–water partition coefficient (Wildman–Crippen LogP) is 2.00. The predicted molar refractivity (Wildman–Crippen MR) is 70.9 cm³/mol. The van der Waals surface area contributed by atoms with Gasteiger partial charge in [-0.3, -0.25) is 14.8 Å². The molecule has 1 unspecified atom stereocenters. The van der Waals surface area contributed by atoms with Gasteiger partial charge in [-0.05, 0) is 19.9 Å². The third kappa shape index (κ3) is 3.27. The Balaban J connectivity index is 2.06. The molecular weight excluding hydrogens is 246 g/mol. The van der Waals surface area contributed by atoms with E-state index in [2.05, 4.69) is 15.4 Å². The van der Waals surface area contributed by atoms with E-state index in [0.29, 0.717) is 17.9 Å². The van der Waals surface area contributed by atoms with Crippen LogP contribution in [-0.2, 0) is 6.54 Å². The first-order chi connectivity index (χ1) is 9.06. The monoisotopic (exact) mass is 261 g/mol. The molecule has 2 aromatic rings. The quantitative estimate of drug-likeness (QED) is 0.657. The summed E-state index contributed by atoms with van der Waals surface area (Å²) in [5.41, 5.74) is 0.624. The average Bonchev–Trinajstić information content (AvgIpc) is 2.84. The first-order valence-corrected chi connectivity index (χ1v) is 5.91. The summed E-state index contributed by atoms with van der Waals surface area (Å²) in [6, 6.07) is 3.37. The second-order valence-corrected chi connectivity index (χ2v) is 4.39. The third-order valence-electron chi connectivity index (χ3n) is 2.69. The van der Waals surface area contributed by atoms with Gasteiger partial charge < -0.3 is 5.32 Å². The minimum atomic E-state index is -0.402. The van der Waals surface area contributed by atoms with Crippen LogP contribution in [0.15, 0.2) is 30.7 Å². The lowest BCUT2D eigenvalue weighted by atomic mass is 10.2. The minimum Gasteiger partial charge on any atom is -0.366 e. The van der Waals surface area contributed by atoms with Crippen molar-refractivity contribution in [3.05, 3.63) is 46.4 Å². The molecule has 0 spiro atoms. The molecule has 0 bridgehead atoms. The number of anilines is 1. The molecule has 2 heterocycles. The van der Waals surface area contributed by atoms with Crippen LogP contribution in [0.4, 0.5) is 11.5 Å². The fourth-order valence-corrected chi connectivity index (χ4v) is 1.78. The van der Waals surface area contributed by atoms with Crippen LogP contribution in [0.2, 0.25) is 0 Å². The lowest BCUT2D eigenvalue weighted by molar-refractivity contribution is -0.385. The molecule has 0 aliphatic heterocycles. The lowest BCUT2D eigenvalue weighted by Gasteiger charge is -2.14. The number of hydrogen-bond donors (Lipinski definition) is 1. The van der Waals surface area contributed by atoms with Crippen molar-refractivity contribution in [2.75, 3.05) is 5.32 Å². The van der Waals surface area contributed by atoms with Gasteiger partial charge in [0.1, 0.15) is 5.82 Å². The van der Waals surface area contributed by atoms with Crippen LogP contribution in [-0.4, -0.2) is 25.7 Å². The number of rotatable bonds is 5. The summed E-state index contributed by atoms with van der Waals surface area (Å²) >= 11 is 0. The van der Waals surface area contributed by atoms with Gasteiger partial charge in [-0.25, -0.2) is 4.98 Å². The van der Waals surface area contributed by atoms with E-state index >= 15 is 0 Å². The Labute approximate surface area is 110 Å². The zero-order valence-corrected chi connectivity index (χ0v) is 10.8. The van der Waals surface area contributed by atoms with Gasteiger partial charge in [-0.1, -0.05) is 0 Å². The molecule has 2 rings (SSSR count). The maximum atomic E-state index is 10.9. The van der Waals surface area contributed by atoms with Gasteiger partial charge in [0.2, 0.25) is 0 Å². The average molecular weight is 261 g/mol. The molecule has 0 amide bonds. The minimum absolute atomic E-state index is 0.0645. The number of hydrogen-bond acceptors (Lipinski definition) is 5. The highest BCUT2D eigenvalue weighted by atomic mass is 16.6. The molecule has 0 aliphatic carbocycles. The normalized spacial score (nSPS) is 12.1. The summed E-state index contributed by atoms with van der Waals surface area (Å²) in [6.45, 7) is 4.30. The summed E-state index contributed by atoms with van der Waals surface area (Å²) in [4.78, 5) is 14.6. The van der Waals surface area contributed by atoms with Crippen molar-refractivity contribution < 1.29 is 4.92 Å². The Hall–Kier alpha value is -2.44. The van der Waals surface area contributed by atoms with Crippen LogP contribution in [0, 0.1) is 17.0 Å². The van der Waals surface area contributed by atoms with Crippen molar-refractivity contribution in [2.24, 2.45) is 0 Å². The molecule has 100 valence electrons. The molecule has 1 atom stereocenters. The van der Waals surface area contributed by atoms with E-state index < -0.39 is 4.92 Å². The van der Waals surface area contributed by atoms with Gasteiger partial charge in [-0.2, -0.15) is 5.10 Å². The zero-order valence-electron chi connectivity index (χ0n) is 10.8. The molecule has 0 aliphatic rings. The highest BCUT2D eigenvalue weighted by Crippen LogP contribution is 2.20. The van der Waals surface area contributed by atoms with Gasteiger partial charge in [0.25, 0.3) is 5.69 Å². The van der Waals surface area contributed by atoms with E-state index in [-0.39, 0.29) is 11.7 Å². The van der Waals surface area contributed by atoms with Gasteiger partial charge in [-0.15, -0.1) is 0 Å². The molecule has 2 aromatic heterocycles. The van der Waals surface area contributed by atoms with E-state index in [9.17, 15) is 10.1 Å². The van der Waals surface area contributed by atoms with Crippen molar-refractivity contribution in [3.63, 3.8) is 0 Å². The Morgan fingerprint density at radius 1 is 1.58 bits per heavy atom. The summed E-state index contributed by atoms with van der Waals surface area (Å²) in [5.74, 6) is 0.497. The highest BCUT2D eigenvalue weighted by Gasteiger charge is 2.13. The summed E-state index contributed by atoms with van der Waals surface area (Å²) in [7, 11) is 0. The molecule has 0 aromatic carbocycles. The molecule has 19 heavy (non-hydrogen) atoms. The summed E-state index contributed by atoms with van der Waals surface area (Å²) in [5, 5.41) is 18.1. The van der Waals surface area contributed by atoms with E-state index in [4.69, 9.17) is 0 Å². The van der Waals surface area contributed by atoms with Crippen LogP contribution in [0.3, 0.4) is 0 Å². The smallest absolute Gasteiger partial charge is 0.277 e.